The number of hydrogen-bond donors (Lipinski definition) is 0. The van der Waals surface area contributed by atoms with Gasteiger partial charge in [0.1, 0.15) is 0 Å². The van der Waals surface area contributed by atoms with Gasteiger partial charge in [-0.2, -0.15) is 0 Å². The average Bonchev–Trinajstić information content (AvgIpc) is 3.36. The summed E-state index contributed by atoms with van der Waals surface area (Å²) >= 11 is 2.80. The Morgan fingerprint density at radius 2 is 2.10 bits per heavy atom. The highest BCUT2D eigenvalue weighted by Gasteiger charge is 2.19. The van der Waals surface area contributed by atoms with Gasteiger partial charge in [0.25, 0.3) is 5.56 Å². The van der Waals surface area contributed by atoms with E-state index in [1.807, 2.05) is 48.1 Å². The molecule has 0 atom stereocenters. The minimum Gasteiger partial charge on any atom is -0.294 e. The van der Waals surface area contributed by atoms with Crippen molar-refractivity contribution < 1.29 is 4.79 Å². The van der Waals surface area contributed by atoms with E-state index in [1.165, 1.54) is 23.1 Å². The van der Waals surface area contributed by atoms with Gasteiger partial charge in [0, 0.05) is 35.1 Å². The smallest absolute Gasteiger partial charge is 0.262 e. The fraction of sp³-hybridized carbons (Fsp3) is 0.182. The van der Waals surface area contributed by atoms with Crippen molar-refractivity contribution in [3.63, 3.8) is 0 Å². The monoisotopic (exact) mass is 436 g/mol. The predicted molar refractivity (Wildman–Crippen MR) is 122 cm³/mol. The molecule has 0 saturated heterocycles. The molecule has 0 N–H and O–H groups in total. The first-order valence-corrected chi connectivity index (χ1v) is 11.2. The highest BCUT2D eigenvalue weighted by atomic mass is 32.2. The number of aryl methyl sites for hydroxylation is 1. The Balaban J connectivity index is 1.64. The van der Waals surface area contributed by atoms with Gasteiger partial charge >= 0.3 is 0 Å². The van der Waals surface area contributed by atoms with E-state index >= 15 is 0 Å². The maximum Gasteiger partial charge on any atom is 0.262 e. The van der Waals surface area contributed by atoms with Crippen LogP contribution in [0.4, 0.5) is 0 Å². The van der Waals surface area contributed by atoms with E-state index < -0.39 is 0 Å². The minimum atomic E-state index is -0.127. The van der Waals surface area contributed by atoms with Crippen molar-refractivity contribution in [1.29, 1.82) is 0 Å². The number of thiazole rings is 1. The molecule has 4 rings (SSSR count). The molecule has 0 aliphatic rings. The Kier molecular flexibility index (Phi) is 5.69. The van der Waals surface area contributed by atoms with Crippen molar-refractivity contribution in [2.45, 2.75) is 25.5 Å². The number of carbonyl (C=O) groups excluding carboxylic acids is 1. The van der Waals surface area contributed by atoms with Crippen LogP contribution in [0.1, 0.15) is 21.7 Å². The van der Waals surface area contributed by atoms with E-state index in [1.54, 1.807) is 22.9 Å². The molecule has 30 heavy (non-hydrogen) atoms. The zero-order valence-corrected chi connectivity index (χ0v) is 18.3. The van der Waals surface area contributed by atoms with Gasteiger partial charge in [-0.25, -0.2) is 9.97 Å². The zero-order valence-electron chi connectivity index (χ0n) is 16.7. The van der Waals surface area contributed by atoms with Gasteiger partial charge in [0.2, 0.25) is 0 Å². The van der Waals surface area contributed by atoms with Crippen LogP contribution in [0.25, 0.3) is 16.0 Å². The van der Waals surface area contributed by atoms with E-state index in [2.05, 4.69) is 16.5 Å². The molecule has 0 aliphatic heterocycles. The lowest BCUT2D eigenvalue weighted by Gasteiger charge is -2.11. The topological polar surface area (TPSA) is 69.8 Å². The molecule has 0 aliphatic carbocycles. The van der Waals surface area contributed by atoms with Gasteiger partial charge in [-0.3, -0.25) is 18.7 Å². The Morgan fingerprint density at radius 1 is 1.30 bits per heavy atom. The van der Waals surface area contributed by atoms with Crippen LogP contribution in [0.3, 0.4) is 0 Å². The minimum absolute atomic E-state index is 0.0107. The van der Waals surface area contributed by atoms with Crippen molar-refractivity contribution >= 4 is 39.8 Å². The summed E-state index contributed by atoms with van der Waals surface area (Å²) < 4.78 is 3.55. The molecule has 0 unspecified atom stereocenters. The lowest BCUT2D eigenvalue weighted by Crippen LogP contribution is -2.23. The van der Waals surface area contributed by atoms with Crippen LogP contribution >= 0.6 is 23.1 Å². The van der Waals surface area contributed by atoms with Crippen molar-refractivity contribution in [1.82, 2.24) is 19.1 Å². The molecular formula is C22H20N4O2S2. The lowest BCUT2D eigenvalue weighted by atomic mass is 10.2. The molecule has 0 radical (unpaired) electrons. The standard InChI is InChI=1S/C22H20N4O2S2/c1-4-10-25-20(28)16-7-5-6-8-18(16)24-22(25)30-13-19(27)17-12-14(2)26(15(17)3)21-23-9-11-29-21/h4-9,11-12H,1,10,13H2,2-3H3. The number of para-hydroxylation sites is 1. The van der Waals surface area contributed by atoms with E-state index in [9.17, 15) is 9.59 Å². The molecule has 0 saturated carbocycles. The van der Waals surface area contributed by atoms with Crippen molar-refractivity contribution in [2.24, 2.45) is 0 Å². The van der Waals surface area contributed by atoms with Crippen LogP contribution in [0, 0.1) is 13.8 Å². The number of hydrogen-bond acceptors (Lipinski definition) is 6. The molecule has 6 nitrogen and oxygen atoms in total. The van der Waals surface area contributed by atoms with Crippen LogP contribution in [0.15, 0.2) is 64.5 Å². The van der Waals surface area contributed by atoms with Crippen molar-refractivity contribution in [2.75, 3.05) is 5.75 Å². The van der Waals surface area contributed by atoms with E-state index in [4.69, 9.17) is 0 Å². The second-order valence-corrected chi connectivity index (χ2v) is 8.58. The van der Waals surface area contributed by atoms with Gasteiger partial charge in [-0.15, -0.1) is 17.9 Å². The predicted octanol–water partition coefficient (Wildman–Crippen LogP) is 4.42. The number of allylic oxidation sites excluding steroid dienone is 1. The SMILES string of the molecule is C=CCn1c(SCC(=O)c2cc(C)n(-c3nccs3)c2C)nc2ccccc2c1=O. The van der Waals surface area contributed by atoms with Crippen LogP contribution in [0.2, 0.25) is 0 Å². The maximum absolute atomic E-state index is 13.0. The van der Waals surface area contributed by atoms with Crippen LogP contribution in [-0.4, -0.2) is 30.6 Å². The van der Waals surface area contributed by atoms with Crippen LogP contribution < -0.4 is 5.56 Å². The number of carbonyl (C=O) groups is 1. The first-order chi connectivity index (χ1) is 14.5. The summed E-state index contributed by atoms with van der Waals surface area (Å²) in [4.78, 5) is 34.8. The first-order valence-electron chi connectivity index (χ1n) is 9.36. The second kappa shape index (κ2) is 8.41. The summed E-state index contributed by atoms with van der Waals surface area (Å²) in [7, 11) is 0. The molecular weight excluding hydrogens is 416 g/mol. The quantitative estimate of drug-likeness (QED) is 0.186. The molecule has 152 valence electrons. The summed E-state index contributed by atoms with van der Waals surface area (Å²) in [6, 6.07) is 9.13. The molecule has 0 amide bonds. The molecule has 4 aromatic rings. The van der Waals surface area contributed by atoms with E-state index in [-0.39, 0.29) is 17.1 Å². The number of Topliss-reactive ketones (excluding diaryl/α,β-unsaturated/α-hetero) is 1. The maximum atomic E-state index is 13.0. The Bertz CT molecular complexity index is 1300. The van der Waals surface area contributed by atoms with Crippen molar-refractivity contribution in [3.05, 3.63) is 81.9 Å². The molecule has 3 aromatic heterocycles. The average molecular weight is 437 g/mol. The van der Waals surface area contributed by atoms with Crippen LogP contribution in [-0.2, 0) is 6.54 Å². The number of ketones is 1. The Hall–Kier alpha value is -2.97. The third-order valence-electron chi connectivity index (χ3n) is 4.81. The third-order valence-corrected chi connectivity index (χ3v) is 6.55. The number of aromatic nitrogens is 4. The number of nitrogens with zero attached hydrogens (tertiary/aromatic N) is 4. The number of benzene rings is 1. The normalized spacial score (nSPS) is 11.1. The number of rotatable bonds is 7. The number of thioether (sulfide) groups is 1. The molecule has 0 bridgehead atoms. The van der Waals surface area contributed by atoms with Gasteiger partial charge < -0.3 is 0 Å². The Labute approximate surface area is 181 Å². The summed E-state index contributed by atoms with van der Waals surface area (Å²) in [5, 5.41) is 3.82. The van der Waals surface area contributed by atoms with Crippen LogP contribution in [0.5, 0.6) is 0 Å². The highest BCUT2D eigenvalue weighted by molar-refractivity contribution is 7.99. The van der Waals surface area contributed by atoms with Gasteiger partial charge in [0.15, 0.2) is 16.1 Å². The Morgan fingerprint density at radius 3 is 2.83 bits per heavy atom. The summed E-state index contributed by atoms with van der Waals surface area (Å²) in [6.45, 7) is 7.97. The van der Waals surface area contributed by atoms with E-state index in [0.29, 0.717) is 28.2 Å². The lowest BCUT2D eigenvalue weighted by molar-refractivity contribution is 0.102. The third kappa shape index (κ3) is 3.64. The molecule has 0 spiro atoms. The fourth-order valence-electron chi connectivity index (χ4n) is 3.42. The largest absolute Gasteiger partial charge is 0.294 e. The highest BCUT2D eigenvalue weighted by Crippen LogP contribution is 2.25. The summed E-state index contributed by atoms with van der Waals surface area (Å²) in [6.07, 6.45) is 3.41. The zero-order chi connectivity index (χ0) is 21.3. The molecule has 0 fully saturated rings. The van der Waals surface area contributed by atoms with Gasteiger partial charge in [-0.05, 0) is 32.0 Å². The second-order valence-electron chi connectivity index (χ2n) is 6.76. The molecule has 1 aromatic carbocycles. The van der Waals surface area contributed by atoms with Gasteiger partial charge in [-0.1, -0.05) is 30.0 Å². The van der Waals surface area contributed by atoms with E-state index in [0.717, 1.165) is 16.5 Å². The molecule has 8 heteroatoms. The fourth-order valence-corrected chi connectivity index (χ4v) is 5.06. The first kappa shape index (κ1) is 20.3. The van der Waals surface area contributed by atoms with Gasteiger partial charge in [0.05, 0.1) is 16.7 Å². The van der Waals surface area contributed by atoms with Crippen molar-refractivity contribution in [3.8, 4) is 5.13 Å². The summed E-state index contributed by atoms with van der Waals surface area (Å²) in [5.41, 5.74) is 2.98. The molecule has 3 heterocycles. The summed E-state index contributed by atoms with van der Waals surface area (Å²) in [5.74, 6) is 0.174. The number of fused-ring (bicyclic) bond motifs is 1.